The van der Waals surface area contributed by atoms with Gasteiger partial charge in [-0.2, -0.15) is 4.98 Å². The molecule has 19 heavy (non-hydrogen) atoms. The predicted molar refractivity (Wildman–Crippen MR) is 78.5 cm³/mol. The van der Waals surface area contributed by atoms with Crippen LogP contribution in [0.15, 0.2) is 21.4 Å². The number of aromatic amines is 1. The van der Waals surface area contributed by atoms with E-state index in [1.54, 1.807) is 34.7 Å². The lowest BCUT2D eigenvalue weighted by Gasteiger charge is -2.05. The molecule has 0 radical (unpaired) electrons. The highest BCUT2D eigenvalue weighted by molar-refractivity contribution is 14.1. The Bertz CT molecular complexity index is 731. The molecule has 0 fully saturated rings. The summed E-state index contributed by atoms with van der Waals surface area (Å²) in [7, 11) is 0. The first-order valence-electron chi connectivity index (χ1n) is 5.14. The van der Waals surface area contributed by atoms with Gasteiger partial charge in [0.05, 0.1) is 4.47 Å². The molecule has 98 valence electrons. The Morgan fingerprint density at radius 3 is 2.95 bits per heavy atom. The smallest absolute Gasteiger partial charge is 0.268 e. The SMILES string of the molecule is O=c1[nH]c(-c2cc(Br)c3c(c2)OCO3)nc(O)c1I. The maximum absolute atomic E-state index is 11.6. The van der Waals surface area contributed by atoms with Gasteiger partial charge in [0.2, 0.25) is 12.7 Å². The lowest BCUT2D eigenvalue weighted by Crippen LogP contribution is -2.12. The molecule has 2 heterocycles. The lowest BCUT2D eigenvalue weighted by molar-refractivity contribution is 0.173. The highest BCUT2D eigenvalue weighted by atomic mass is 127. The van der Waals surface area contributed by atoms with Gasteiger partial charge in [-0.25, -0.2) is 0 Å². The van der Waals surface area contributed by atoms with E-state index in [2.05, 4.69) is 25.9 Å². The van der Waals surface area contributed by atoms with E-state index in [1.165, 1.54) is 0 Å². The maximum Gasteiger partial charge on any atom is 0.268 e. The lowest BCUT2D eigenvalue weighted by atomic mass is 10.2. The average molecular weight is 437 g/mol. The predicted octanol–water partition coefficient (Wildman–Crippen LogP) is 2.24. The Kier molecular flexibility index (Phi) is 3.13. The molecular formula is C11H6BrIN2O4. The van der Waals surface area contributed by atoms with Crippen molar-refractivity contribution in [3.8, 4) is 28.8 Å². The van der Waals surface area contributed by atoms with E-state index < -0.39 is 5.56 Å². The number of hydrogen-bond acceptors (Lipinski definition) is 5. The van der Waals surface area contributed by atoms with Crippen LogP contribution in [0.1, 0.15) is 0 Å². The minimum Gasteiger partial charge on any atom is -0.492 e. The molecule has 1 aliphatic rings. The number of H-pyrrole nitrogens is 1. The van der Waals surface area contributed by atoms with Crippen LogP contribution in [0.3, 0.4) is 0 Å². The van der Waals surface area contributed by atoms with Gasteiger partial charge < -0.3 is 19.6 Å². The van der Waals surface area contributed by atoms with Crippen LogP contribution in [0.2, 0.25) is 0 Å². The van der Waals surface area contributed by atoms with Gasteiger partial charge in [-0.05, 0) is 50.7 Å². The number of hydrogen-bond donors (Lipinski definition) is 2. The van der Waals surface area contributed by atoms with Crippen LogP contribution < -0.4 is 15.0 Å². The average Bonchev–Trinajstić information content (AvgIpc) is 2.84. The van der Waals surface area contributed by atoms with Crippen molar-refractivity contribution in [1.29, 1.82) is 0 Å². The summed E-state index contributed by atoms with van der Waals surface area (Å²) < 4.78 is 11.4. The van der Waals surface area contributed by atoms with Crippen molar-refractivity contribution in [2.75, 3.05) is 6.79 Å². The first kappa shape index (κ1) is 12.7. The minimum absolute atomic E-state index is 0.152. The molecule has 3 rings (SSSR count). The van der Waals surface area contributed by atoms with Gasteiger partial charge in [0.1, 0.15) is 9.39 Å². The molecule has 1 aliphatic heterocycles. The Morgan fingerprint density at radius 1 is 1.42 bits per heavy atom. The van der Waals surface area contributed by atoms with E-state index >= 15 is 0 Å². The fraction of sp³-hybridized carbons (Fsp3) is 0.0909. The van der Waals surface area contributed by atoms with Crippen molar-refractivity contribution < 1.29 is 14.6 Å². The third kappa shape index (κ3) is 2.18. The van der Waals surface area contributed by atoms with Gasteiger partial charge >= 0.3 is 0 Å². The molecule has 0 aliphatic carbocycles. The summed E-state index contributed by atoms with van der Waals surface area (Å²) in [5.41, 5.74) is 0.219. The summed E-state index contributed by atoms with van der Waals surface area (Å²) in [6.45, 7) is 0.152. The van der Waals surface area contributed by atoms with Crippen LogP contribution >= 0.6 is 38.5 Å². The molecule has 0 unspecified atom stereocenters. The van der Waals surface area contributed by atoms with Gasteiger partial charge in [0.15, 0.2) is 11.5 Å². The second kappa shape index (κ2) is 4.67. The second-order valence-electron chi connectivity index (χ2n) is 3.74. The van der Waals surface area contributed by atoms with Gasteiger partial charge in [-0.15, -0.1) is 0 Å². The largest absolute Gasteiger partial charge is 0.492 e. The van der Waals surface area contributed by atoms with E-state index in [0.29, 0.717) is 21.5 Å². The Balaban J connectivity index is 2.18. The molecule has 2 aromatic rings. The minimum atomic E-state index is -0.392. The molecular weight excluding hydrogens is 431 g/mol. The van der Waals surface area contributed by atoms with Crippen LogP contribution in [0, 0.1) is 3.57 Å². The normalized spacial score (nSPS) is 12.7. The number of ether oxygens (including phenoxy) is 2. The van der Waals surface area contributed by atoms with Gasteiger partial charge in [-0.1, -0.05) is 0 Å². The maximum atomic E-state index is 11.6. The van der Waals surface area contributed by atoms with Crippen molar-refractivity contribution in [3.05, 3.63) is 30.5 Å². The van der Waals surface area contributed by atoms with Crippen molar-refractivity contribution >= 4 is 38.5 Å². The number of benzene rings is 1. The fourth-order valence-corrected chi connectivity index (χ4v) is 2.50. The van der Waals surface area contributed by atoms with Crippen LogP contribution in [0.4, 0.5) is 0 Å². The Labute approximate surface area is 129 Å². The van der Waals surface area contributed by atoms with Crippen LogP contribution in [-0.2, 0) is 0 Å². The highest BCUT2D eigenvalue weighted by Crippen LogP contribution is 2.41. The topological polar surface area (TPSA) is 84.4 Å². The van der Waals surface area contributed by atoms with Crippen LogP contribution in [0.5, 0.6) is 17.4 Å². The van der Waals surface area contributed by atoms with E-state index in [0.717, 1.165) is 0 Å². The molecule has 2 N–H and O–H groups in total. The van der Waals surface area contributed by atoms with Gasteiger partial charge in [0, 0.05) is 5.56 Å². The Hall–Kier alpha value is -1.29. The number of fused-ring (bicyclic) bond motifs is 1. The molecule has 1 aromatic heterocycles. The highest BCUT2D eigenvalue weighted by Gasteiger charge is 2.20. The first-order chi connectivity index (χ1) is 9.06. The number of aromatic nitrogens is 2. The summed E-state index contributed by atoms with van der Waals surface area (Å²) in [4.78, 5) is 18.2. The summed E-state index contributed by atoms with van der Waals surface area (Å²) in [6, 6.07) is 3.43. The van der Waals surface area contributed by atoms with Crippen molar-refractivity contribution in [3.63, 3.8) is 0 Å². The zero-order valence-corrected chi connectivity index (χ0v) is 13.0. The van der Waals surface area contributed by atoms with Gasteiger partial charge in [-0.3, -0.25) is 4.79 Å². The monoisotopic (exact) mass is 436 g/mol. The van der Waals surface area contributed by atoms with Crippen molar-refractivity contribution in [2.24, 2.45) is 0 Å². The molecule has 0 saturated heterocycles. The third-order valence-corrected chi connectivity index (χ3v) is 4.11. The molecule has 1 aromatic carbocycles. The second-order valence-corrected chi connectivity index (χ2v) is 5.68. The summed E-state index contributed by atoms with van der Waals surface area (Å²) in [5.74, 6) is 1.14. The van der Waals surface area contributed by atoms with E-state index in [4.69, 9.17) is 9.47 Å². The fourth-order valence-electron chi connectivity index (χ4n) is 1.69. The molecule has 0 spiro atoms. The number of nitrogens with zero attached hydrogens (tertiary/aromatic N) is 1. The first-order valence-corrected chi connectivity index (χ1v) is 7.01. The molecule has 6 nitrogen and oxygen atoms in total. The van der Waals surface area contributed by atoms with Crippen molar-refractivity contribution in [2.45, 2.75) is 0 Å². The van der Waals surface area contributed by atoms with Crippen molar-refractivity contribution in [1.82, 2.24) is 9.97 Å². The zero-order chi connectivity index (χ0) is 13.6. The number of rotatable bonds is 1. The summed E-state index contributed by atoms with van der Waals surface area (Å²) in [6.07, 6.45) is 0. The number of nitrogens with one attached hydrogen (secondary N) is 1. The molecule has 0 saturated carbocycles. The van der Waals surface area contributed by atoms with Crippen LogP contribution in [0.25, 0.3) is 11.4 Å². The molecule has 8 heteroatoms. The number of halogens is 2. The Morgan fingerprint density at radius 2 is 2.21 bits per heavy atom. The third-order valence-electron chi connectivity index (χ3n) is 2.55. The summed E-state index contributed by atoms with van der Waals surface area (Å²) >= 11 is 5.09. The van der Waals surface area contributed by atoms with E-state index in [1.807, 2.05) is 0 Å². The molecule has 0 atom stereocenters. The molecule has 0 bridgehead atoms. The number of aromatic hydroxyl groups is 1. The van der Waals surface area contributed by atoms with E-state index in [-0.39, 0.29) is 22.1 Å². The standard InChI is InChI=1S/C11H6BrIN2O4/c12-5-1-4(2-6-8(5)19-3-18-6)9-14-10(16)7(13)11(17)15-9/h1-2H,3H2,(H2,14,15,16,17). The van der Waals surface area contributed by atoms with Crippen LogP contribution in [-0.4, -0.2) is 21.9 Å². The zero-order valence-electron chi connectivity index (χ0n) is 9.24. The van der Waals surface area contributed by atoms with Gasteiger partial charge in [0.25, 0.3) is 5.56 Å². The summed E-state index contributed by atoms with van der Waals surface area (Å²) in [5, 5.41) is 9.60. The van der Waals surface area contributed by atoms with E-state index in [9.17, 15) is 9.90 Å². The molecule has 0 amide bonds. The quantitative estimate of drug-likeness (QED) is 0.670.